The minimum atomic E-state index is 0. The van der Waals surface area contributed by atoms with Gasteiger partial charge < -0.3 is 19.9 Å². The molecule has 0 spiro atoms. The van der Waals surface area contributed by atoms with Gasteiger partial charge in [0.1, 0.15) is 6.10 Å². The molecule has 2 heterocycles. The average Bonchev–Trinajstić information content (AvgIpc) is 3.10. The minimum absolute atomic E-state index is 0. The molecule has 0 saturated carbocycles. The number of nitrogens with zero attached hydrogens (tertiary/aromatic N) is 5. The van der Waals surface area contributed by atoms with Crippen LogP contribution in [-0.4, -0.2) is 61.5 Å². The summed E-state index contributed by atoms with van der Waals surface area (Å²) in [6.45, 7) is 5.18. The summed E-state index contributed by atoms with van der Waals surface area (Å²) in [4.78, 5) is 8.86. The van der Waals surface area contributed by atoms with Crippen molar-refractivity contribution >= 4 is 35.6 Å². The van der Waals surface area contributed by atoms with Crippen LogP contribution in [0, 0.1) is 6.92 Å². The Balaban J connectivity index is 0.00000280. The van der Waals surface area contributed by atoms with Gasteiger partial charge in [-0.25, -0.2) is 0 Å². The Hall–Kier alpha value is -1.81. The van der Waals surface area contributed by atoms with E-state index in [0.717, 1.165) is 31.2 Å². The van der Waals surface area contributed by atoms with E-state index < -0.39 is 0 Å². The third-order valence-electron chi connectivity index (χ3n) is 4.95. The second-order valence-corrected chi connectivity index (χ2v) is 7.16. The van der Waals surface area contributed by atoms with Crippen LogP contribution in [0.5, 0.6) is 0 Å². The molecule has 7 nitrogen and oxygen atoms in total. The SMILES string of the molecule is CN=C(NCc1ccc(N(C)C)cc1C)N1CCOC(c2cnn(C)c2)C1.I. The number of rotatable bonds is 4. The number of aromatic nitrogens is 2. The molecule has 0 amide bonds. The molecule has 1 aromatic heterocycles. The molecule has 0 radical (unpaired) electrons. The van der Waals surface area contributed by atoms with Gasteiger partial charge in [0, 0.05) is 58.7 Å². The number of morpholine rings is 1. The fourth-order valence-electron chi connectivity index (χ4n) is 3.31. The van der Waals surface area contributed by atoms with Crippen molar-refractivity contribution in [3.8, 4) is 0 Å². The highest BCUT2D eigenvalue weighted by atomic mass is 127. The van der Waals surface area contributed by atoms with Crippen LogP contribution < -0.4 is 10.2 Å². The molecule has 8 heteroatoms. The molecule has 1 aliphatic rings. The third-order valence-corrected chi connectivity index (χ3v) is 4.95. The predicted octanol–water partition coefficient (Wildman–Crippen LogP) is 2.56. The van der Waals surface area contributed by atoms with E-state index in [1.54, 1.807) is 0 Å². The summed E-state index contributed by atoms with van der Waals surface area (Å²) in [7, 11) is 7.88. The number of aliphatic imine (C=N–C) groups is 1. The topological polar surface area (TPSA) is 57.9 Å². The van der Waals surface area contributed by atoms with Gasteiger partial charge in [-0.15, -0.1) is 24.0 Å². The zero-order valence-electron chi connectivity index (χ0n) is 17.3. The third kappa shape index (κ3) is 5.38. The van der Waals surface area contributed by atoms with Crippen molar-refractivity contribution in [3.63, 3.8) is 0 Å². The Bertz CT molecular complexity index is 804. The Morgan fingerprint density at radius 2 is 2.18 bits per heavy atom. The number of benzene rings is 1. The first kappa shape index (κ1) is 22.5. The molecule has 0 bridgehead atoms. The molecule has 1 N–H and O–H groups in total. The highest BCUT2D eigenvalue weighted by Gasteiger charge is 2.25. The first-order valence-corrected chi connectivity index (χ1v) is 9.30. The molecule has 1 aliphatic heterocycles. The largest absolute Gasteiger partial charge is 0.378 e. The second kappa shape index (κ2) is 10.1. The van der Waals surface area contributed by atoms with E-state index in [0.29, 0.717) is 6.61 Å². The van der Waals surface area contributed by atoms with E-state index in [9.17, 15) is 0 Å². The molecule has 28 heavy (non-hydrogen) atoms. The molecular formula is C20H31IN6O. The summed E-state index contributed by atoms with van der Waals surface area (Å²) >= 11 is 0. The maximum Gasteiger partial charge on any atom is 0.194 e. The zero-order valence-corrected chi connectivity index (χ0v) is 19.7. The Morgan fingerprint density at radius 1 is 1.39 bits per heavy atom. The summed E-state index contributed by atoms with van der Waals surface area (Å²) in [6.07, 6.45) is 3.91. The molecule has 1 unspecified atom stereocenters. The lowest BCUT2D eigenvalue weighted by atomic mass is 10.1. The molecule has 0 aliphatic carbocycles. The summed E-state index contributed by atoms with van der Waals surface area (Å²) < 4.78 is 7.75. The smallest absolute Gasteiger partial charge is 0.194 e. The summed E-state index contributed by atoms with van der Waals surface area (Å²) in [5, 5.41) is 7.76. The predicted molar refractivity (Wildman–Crippen MR) is 125 cm³/mol. The number of aryl methyl sites for hydroxylation is 2. The highest BCUT2D eigenvalue weighted by molar-refractivity contribution is 14.0. The standard InChI is InChI=1S/C20H30N6O.HI/c1-15-10-18(24(3)4)7-6-16(15)11-22-20(21-2)26-8-9-27-19(14-26)17-12-23-25(5)13-17;/h6-7,10,12-13,19H,8-9,11,14H2,1-5H3,(H,21,22);1H. The number of nitrogens with one attached hydrogen (secondary N) is 1. The number of ether oxygens (including phenoxy) is 1. The maximum absolute atomic E-state index is 5.94. The van der Waals surface area contributed by atoms with E-state index in [1.807, 2.05) is 31.2 Å². The molecule has 154 valence electrons. The van der Waals surface area contributed by atoms with E-state index in [1.165, 1.54) is 16.8 Å². The van der Waals surface area contributed by atoms with Crippen molar-refractivity contribution in [3.05, 3.63) is 47.3 Å². The van der Waals surface area contributed by atoms with Gasteiger partial charge in [0.25, 0.3) is 0 Å². The van der Waals surface area contributed by atoms with E-state index in [2.05, 4.69) is 64.4 Å². The van der Waals surface area contributed by atoms with Crippen molar-refractivity contribution in [2.24, 2.45) is 12.0 Å². The Morgan fingerprint density at radius 3 is 2.79 bits per heavy atom. The minimum Gasteiger partial charge on any atom is -0.378 e. The van der Waals surface area contributed by atoms with Crippen LogP contribution in [0.3, 0.4) is 0 Å². The molecule has 1 aromatic carbocycles. The van der Waals surface area contributed by atoms with E-state index >= 15 is 0 Å². The lowest BCUT2D eigenvalue weighted by molar-refractivity contribution is -0.00805. The van der Waals surface area contributed by atoms with Crippen molar-refractivity contribution in [1.29, 1.82) is 0 Å². The van der Waals surface area contributed by atoms with Crippen molar-refractivity contribution in [2.45, 2.75) is 19.6 Å². The van der Waals surface area contributed by atoms with Gasteiger partial charge in [0.15, 0.2) is 5.96 Å². The lowest BCUT2D eigenvalue weighted by Crippen LogP contribution is -2.48. The monoisotopic (exact) mass is 498 g/mol. The van der Waals surface area contributed by atoms with Gasteiger partial charge in [0.2, 0.25) is 0 Å². The normalized spacial score (nSPS) is 17.2. The Kier molecular flexibility index (Phi) is 8.11. The summed E-state index contributed by atoms with van der Waals surface area (Å²) in [5.74, 6) is 0.906. The van der Waals surface area contributed by atoms with Gasteiger partial charge in [-0.05, 0) is 30.2 Å². The molecule has 2 aromatic rings. The number of hydrogen-bond donors (Lipinski definition) is 1. The van der Waals surface area contributed by atoms with Crippen LogP contribution in [0.25, 0.3) is 0 Å². The second-order valence-electron chi connectivity index (χ2n) is 7.16. The van der Waals surface area contributed by atoms with Crippen LogP contribution in [0.4, 0.5) is 5.69 Å². The van der Waals surface area contributed by atoms with Crippen LogP contribution >= 0.6 is 24.0 Å². The fourth-order valence-corrected chi connectivity index (χ4v) is 3.31. The van der Waals surface area contributed by atoms with E-state index in [-0.39, 0.29) is 30.1 Å². The van der Waals surface area contributed by atoms with Crippen LogP contribution in [0.15, 0.2) is 35.6 Å². The average molecular weight is 498 g/mol. The number of hydrogen-bond acceptors (Lipinski definition) is 4. The van der Waals surface area contributed by atoms with Crippen molar-refractivity contribution in [2.75, 3.05) is 45.7 Å². The number of anilines is 1. The van der Waals surface area contributed by atoms with Crippen LogP contribution in [-0.2, 0) is 18.3 Å². The van der Waals surface area contributed by atoms with Gasteiger partial charge in [-0.3, -0.25) is 9.67 Å². The maximum atomic E-state index is 5.94. The fraction of sp³-hybridized carbons (Fsp3) is 0.500. The molecule has 3 rings (SSSR count). The van der Waals surface area contributed by atoms with Crippen LogP contribution in [0.1, 0.15) is 22.8 Å². The molecular weight excluding hydrogens is 467 g/mol. The number of halogens is 1. The molecule has 1 saturated heterocycles. The van der Waals surface area contributed by atoms with Gasteiger partial charge in [-0.2, -0.15) is 5.10 Å². The Labute approximate surface area is 184 Å². The summed E-state index contributed by atoms with van der Waals surface area (Å²) in [6, 6.07) is 6.55. The van der Waals surface area contributed by atoms with Gasteiger partial charge >= 0.3 is 0 Å². The lowest BCUT2D eigenvalue weighted by Gasteiger charge is -2.34. The van der Waals surface area contributed by atoms with Crippen molar-refractivity contribution in [1.82, 2.24) is 20.0 Å². The first-order valence-electron chi connectivity index (χ1n) is 9.30. The molecule has 1 fully saturated rings. The summed E-state index contributed by atoms with van der Waals surface area (Å²) in [5.41, 5.74) is 4.87. The quantitative estimate of drug-likeness (QED) is 0.399. The molecule has 1 atom stereocenters. The number of guanidine groups is 1. The zero-order chi connectivity index (χ0) is 19.4. The van der Waals surface area contributed by atoms with Crippen molar-refractivity contribution < 1.29 is 4.74 Å². The van der Waals surface area contributed by atoms with E-state index in [4.69, 9.17) is 4.74 Å². The van der Waals surface area contributed by atoms with Crippen LogP contribution in [0.2, 0.25) is 0 Å². The highest BCUT2D eigenvalue weighted by Crippen LogP contribution is 2.22. The van der Waals surface area contributed by atoms with Gasteiger partial charge in [-0.1, -0.05) is 6.07 Å². The first-order chi connectivity index (χ1) is 13.0. The van der Waals surface area contributed by atoms with Gasteiger partial charge in [0.05, 0.1) is 19.3 Å².